The van der Waals surface area contributed by atoms with Gasteiger partial charge in [-0.3, -0.25) is 4.72 Å². The van der Waals surface area contributed by atoms with Gasteiger partial charge in [0.15, 0.2) is 0 Å². The first-order valence-electron chi connectivity index (χ1n) is 5.12. The Kier molecular flexibility index (Phi) is 4.55. The molecule has 0 aliphatic rings. The largest absolute Gasteiger partial charge is 0.278 e. The molecular formula is C12H8Br2ClNO2S. The van der Waals surface area contributed by atoms with Crippen molar-refractivity contribution < 1.29 is 8.42 Å². The summed E-state index contributed by atoms with van der Waals surface area (Å²) in [5.74, 6) is 0. The van der Waals surface area contributed by atoms with Gasteiger partial charge in [0.1, 0.15) is 0 Å². The lowest BCUT2D eigenvalue weighted by Gasteiger charge is -2.10. The maximum Gasteiger partial charge on any atom is 0.261 e. The molecule has 0 aliphatic heterocycles. The Labute approximate surface area is 133 Å². The van der Waals surface area contributed by atoms with Crippen molar-refractivity contribution in [2.75, 3.05) is 4.72 Å². The van der Waals surface area contributed by atoms with Crippen LogP contribution in [0.25, 0.3) is 0 Å². The summed E-state index contributed by atoms with van der Waals surface area (Å²) in [6.45, 7) is 0. The Morgan fingerprint density at radius 2 is 1.68 bits per heavy atom. The Hall–Kier alpha value is -0.560. The van der Waals surface area contributed by atoms with Crippen LogP contribution in [0.4, 0.5) is 5.69 Å². The maximum atomic E-state index is 12.2. The van der Waals surface area contributed by atoms with Crippen molar-refractivity contribution in [1.29, 1.82) is 0 Å². The van der Waals surface area contributed by atoms with Crippen molar-refractivity contribution in [2.45, 2.75) is 4.90 Å². The van der Waals surface area contributed by atoms with Crippen LogP contribution in [0.5, 0.6) is 0 Å². The summed E-state index contributed by atoms with van der Waals surface area (Å²) in [7, 11) is -3.66. The van der Waals surface area contributed by atoms with Gasteiger partial charge in [0.05, 0.1) is 15.6 Å². The lowest BCUT2D eigenvalue weighted by atomic mass is 10.3. The highest BCUT2D eigenvalue weighted by atomic mass is 79.9. The standard InChI is InChI=1S/C12H8Br2ClNO2S/c13-8-2-1-3-10(6-8)19(17,18)16-12-7-9(14)4-5-11(12)15/h1-7,16H. The summed E-state index contributed by atoms with van der Waals surface area (Å²) >= 11 is 12.5. The molecule has 100 valence electrons. The highest BCUT2D eigenvalue weighted by Gasteiger charge is 2.16. The van der Waals surface area contributed by atoms with Gasteiger partial charge in [-0.2, -0.15) is 0 Å². The first-order chi connectivity index (χ1) is 8.88. The molecule has 0 heterocycles. The van der Waals surface area contributed by atoms with Gasteiger partial charge in [-0.05, 0) is 36.4 Å². The van der Waals surface area contributed by atoms with Crippen LogP contribution in [0.1, 0.15) is 0 Å². The summed E-state index contributed by atoms with van der Waals surface area (Å²) in [4.78, 5) is 0.165. The number of hydrogen-bond donors (Lipinski definition) is 1. The lowest BCUT2D eigenvalue weighted by molar-refractivity contribution is 0.601. The minimum Gasteiger partial charge on any atom is -0.278 e. The fourth-order valence-electron chi connectivity index (χ4n) is 1.41. The topological polar surface area (TPSA) is 46.2 Å². The van der Waals surface area contributed by atoms with E-state index in [1.807, 2.05) is 0 Å². The van der Waals surface area contributed by atoms with Crippen molar-refractivity contribution in [1.82, 2.24) is 0 Å². The average molecular weight is 426 g/mol. The smallest absolute Gasteiger partial charge is 0.261 e. The van der Waals surface area contributed by atoms with Gasteiger partial charge >= 0.3 is 0 Å². The molecule has 0 amide bonds. The van der Waals surface area contributed by atoms with E-state index in [1.165, 1.54) is 12.1 Å². The molecule has 0 aromatic heterocycles. The van der Waals surface area contributed by atoms with E-state index in [-0.39, 0.29) is 4.90 Å². The van der Waals surface area contributed by atoms with Gasteiger partial charge in [0.25, 0.3) is 10.0 Å². The fraction of sp³-hybridized carbons (Fsp3) is 0. The molecule has 0 radical (unpaired) electrons. The van der Waals surface area contributed by atoms with E-state index >= 15 is 0 Å². The van der Waals surface area contributed by atoms with Crippen molar-refractivity contribution in [3.63, 3.8) is 0 Å². The zero-order valence-electron chi connectivity index (χ0n) is 9.40. The van der Waals surface area contributed by atoms with E-state index in [4.69, 9.17) is 11.6 Å². The molecule has 2 aromatic carbocycles. The first-order valence-corrected chi connectivity index (χ1v) is 8.57. The molecule has 0 saturated carbocycles. The zero-order chi connectivity index (χ0) is 14.0. The monoisotopic (exact) mass is 423 g/mol. The van der Waals surface area contributed by atoms with Crippen molar-refractivity contribution in [2.24, 2.45) is 0 Å². The summed E-state index contributed by atoms with van der Waals surface area (Å²) in [5.41, 5.74) is 0.330. The Balaban J connectivity index is 2.39. The predicted molar refractivity (Wildman–Crippen MR) is 84.1 cm³/mol. The molecule has 0 aliphatic carbocycles. The van der Waals surface area contributed by atoms with E-state index in [1.54, 1.807) is 30.3 Å². The summed E-state index contributed by atoms with van der Waals surface area (Å²) < 4.78 is 28.3. The quantitative estimate of drug-likeness (QED) is 0.777. The Bertz CT molecular complexity index is 719. The lowest BCUT2D eigenvalue weighted by Crippen LogP contribution is -2.13. The highest BCUT2D eigenvalue weighted by molar-refractivity contribution is 9.10. The van der Waals surface area contributed by atoms with Crippen LogP contribution in [-0.2, 0) is 10.0 Å². The minimum atomic E-state index is -3.66. The van der Waals surface area contributed by atoms with E-state index < -0.39 is 10.0 Å². The third-order valence-electron chi connectivity index (χ3n) is 2.28. The third-order valence-corrected chi connectivity index (χ3v) is 4.96. The van der Waals surface area contributed by atoms with Crippen molar-refractivity contribution in [3.05, 3.63) is 56.4 Å². The SMILES string of the molecule is O=S(=O)(Nc1cc(Br)ccc1Cl)c1cccc(Br)c1. The van der Waals surface area contributed by atoms with Gasteiger partial charge in [0, 0.05) is 8.95 Å². The molecule has 3 nitrogen and oxygen atoms in total. The number of sulfonamides is 1. The third kappa shape index (κ3) is 3.72. The van der Waals surface area contributed by atoms with Crippen LogP contribution in [0, 0.1) is 0 Å². The highest BCUT2D eigenvalue weighted by Crippen LogP contribution is 2.28. The van der Waals surface area contributed by atoms with Crippen LogP contribution < -0.4 is 4.72 Å². The number of hydrogen-bond acceptors (Lipinski definition) is 2. The van der Waals surface area contributed by atoms with Crippen LogP contribution in [0.3, 0.4) is 0 Å². The summed E-state index contributed by atoms with van der Waals surface area (Å²) in [5, 5.41) is 0.335. The van der Waals surface area contributed by atoms with E-state index in [0.29, 0.717) is 15.2 Å². The van der Waals surface area contributed by atoms with E-state index in [0.717, 1.165) is 4.47 Å². The predicted octanol–water partition coefficient (Wildman–Crippen LogP) is 4.67. The second-order valence-corrected chi connectivity index (χ2v) is 7.61. The molecule has 0 spiro atoms. The zero-order valence-corrected chi connectivity index (χ0v) is 14.1. The Morgan fingerprint density at radius 3 is 2.37 bits per heavy atom. The average Bonchev–Trinajstić information content (AvgIpc) is 2.33. The van der Waals surface area contributed by atoms with Crippen molar-refractivity contribution in [3.8, 4) is 0 Å². The van der Waals surface area contributed by atoms with E-state index in [2.05, 4.69) is 36.6 Å². The Morgan fingerprint density at radius 1 is 1.00 bits per heavy atom. The minimum absolute atomic E-state index is 0.165. The molecule has 19 heavy (non-hydrogen) atoms. The van der Waals surface area contributed by atoms with Crippen LogP contribution in [-0.4, -0.2) is 8.42 Å². The van der Waals surface area contributed by atoms with Gasteiger partial charge in [-0.15, -0.1) is 0 Å². The van der Waals surface area contributed by atoms with Gasteiger partial charge in [-0.25, -0.2) is 8.42 Å². The molecule has 0 atom stereocenters. The van der Waals surface area contributed by atoms with Crippen LogP contribution in [0.2, 0.25) is 5.02 Å². The molecular weight excluding hydrogens is 417 g/mol. The number of rotatable bonds is 3. The van der Waals surface area contributed by atoms with E-state index in [9.17, 15) is 8.42 Å². The fourth-order valence-corrected chi connectivity index (χ4v) is 3.66. The molecule has 2 aromatic rings. The molecule has 1 N–H and O–H groups in total. The number of anilines is 1. The maximum absolute atomic E-state index is 12.2. The molecule has 0 saturated heterocycles. The molecule has 0 unspecified atom stereocenters. The molecule has 0 fully saturated rings. The van der Waals surface area contributed by atoms with Crippen LogP contribution in [0.15, 0.2) is 56.3 Å². The molecule has 0 bridgehead atoms. The van der Waals surface area contributed by atoms with Crippen LogP contribution >= 0.6 is 43.5 Å². The normalized spacial score (nSPS) is 11.3. The molecule has 7 heteroatoms. The van der Waals surface area contributed by atoms with Gasteiger partial charge < -0.3 is 0 Å². The number of halogens is 3. The second kappa shape index (κ2) is 5.83. The number of benzene rings is 2. The van der Waals surface area contributed by atoms with Gasteiger partial charge in [0.2, 0.25) is 0 Å². The first kappa shape index (κ1) is 14.8. The van der Waals surface area contributed by atoms with Crippen molar-refractivity contribution >= 4 is 59.2 Å². The summed E-state index contributed by atoms with van der Waals surface area (Å²) in [6, 6.07) is 11.4. The van der Waals surface area contributed by atoms with Gasteiger partial charge in [-0.1, -0.05) is 49.5 Å². The summed E-state index contributed by atoms with van der Waals surface area (Å²) in [6.07, 6.45) is 0. The number of nitrogens with one attached hydrogen (secondary N) is 1. The molecule has 2 rings (SSSR count). The second-order valence-electron chi connectivity index (χ2n) is 3.69.